The van der Waals surface area contributed by atoms with Crippen molar-refractivity contribution in [2.24, 2.45) is 5.92 Å². The first kappa shape index (κ1) is 13.2. The first-order chi connectivity index (χ1) is 7.97. The number of carbonyl (C=O) groups is 2. The monoisotopic (exact) mass is 240 g/mol. The third-order valence-corrected chi connectivity index (χ3v) is 2.40. The van der Waals surface area contributed by atoms with Crippen LogP contribution in [0, 0.1) is 5.92 Å². The molecule has 6 nitrogen and oxygen atoms in total. The predicted molar refractivity (Wildman–Crippen MR) is 59.6 cm³/mol. The lowest BCUT2D eigenvalue weighted by Gasteiger charge is -2.17. The van der Waals surface area contributed by atoms with Gasteiger partial charge in [0.05, 0.1) is 0 Å². The Morgan fingerprint density at radius 2 is 2.18 bits per heavy atom. The van der Waals surface area contributed by atoms with Crippen LogP contribution in [0.1, 0.15) is 37.0 Å². The van der Waals surface area contributed by atoms with Gasteiger partial charge < -0.3 is 14.8 Å². The molecule has 0 spiro atoms. The SMILES string of the molecule is CCc1ocnc1C(=O)N[C@H](C(=O)O)C(C)C. The minimum Gasteiger partial charge on any atom is -0.480 e. The molecular formula is C11H16N2O4. The summed E-state index contributed by atoms with van der Waals surface area (Å²) in [5, 5.41) is 11.4. The van der Waals surface area contributed by atoms with Crippen LogP contribution in [-0.4, -0.2) is 28.0 Å². The Kier molecular flexibility index (Phi) is 4.25. The highest BCUT2D eigenvalue weighted by atomic mass is 16.4. The number of carboxylic acids is 1. The number of aryl methyl sites for hydroxylation is 1. The number of rotatable bonds is 5. The summed E-state index contributed by atoms with van der Waals surface area (Å²) in [6.45, 7) is 5.28. The number of aliphatic carboxylic acids is 1. The van der Waals surface area contributed by atoms with Gasteiger partial charge in [-0.3, -0.25) is 4.79 Å². The first-order valence-corrected chi connectivity index (χ1v) is 5.43. The van der Waals surface area contributed by atoms with Crippen LogP contribution in [0.4, 0.5) is 0 Å². The van der Waals surface area contributed by atoms with Crippen LogP contribution < -0.4 is 5.32 Å². The van der Waals surface area contributed by atoms with Gasteiger partial charge in [-0.15, -0.1) is 0 Å². The highest BCUT2D eigenvalue weighted by molar-refractivity contribution is 5.95. The normalized spacial score (nSPS) is 12.5. The Morgan fingerprint density at radius 1 is 1.53 bits per heavy atom. The van der Waals surface area contributed by atoms with Crippen molar-refractivity contribution in [3.8, 4) is 0 Å². The molecule has 94 valence electrons. The van der Waals surface area contributed by atoms with Gasteiger partial charge in [0, 0.05) is 6.42 Å². The zero-order valence-corrected chi connectivity index (χ0v) is 10.1. The molecule has 0 aliphatic heterocycles. The molecule has 0 aliphatic rings. The van der Waals surface area contributed by atoms with Crippen LogP contribution in [0.2, 0.25) is 0 Å². The molecule has 0 radical (unpaired) electrons. The van der Waals surface area contributed by atoms with Crippen LogP contribution in [0.25, 0.3) is 0 Å². The van der Waals surface area contributed by atoms with Crippen molar-refractivity contribution >= 4 is 11.9 Å². The fourth-order valence-corrected chi connectivity index (χ4v) is 1.43. The van der Waals surface area contributed by atoms with E-state index in [2.05, 4.69) is 10.3 Å². The second kappa shape index (κ2) is 5.47. The molecule has 1 amide bonds. The molecule has 0 aromatic carbocycles. The zero-order valence-electron chi connectivity index (χ0n) is 10.1. The maximum Gasteiger partial charge on any atom is 0.326 e. The summed E-state index contributed by atoms with van der Waals surface area (Å²) < 4.78 is 5.02. The van der Waals surface area contributed by atoms with Gasteiger partial charge >= 0.3 is 5.97 Å². The quantitative estimate of drug-likeness (QED) is 0.803. The third-order valence-electron chi connectivity index (χ3n) is 2.40. The van der Waals surface area contributed by atoms with Crippen molar-refractivity contribution in [3.05, 3.63) is 17.8 Å². The second-order valence-electron chi connectivity index (χ2n) is 4.01. The number of amides is 1. The number of nitrogens with one attached hydrogen (secondary N) is 1. The lowest BCUT2D eigenvalue weighted by molar-refractivity contribution is -0.140. The van der Waals surface area contributed by atoms with E-state index in [1.165, 1.54) is 6.39 Å². The van der Waals surface area contributed by atoms with E-state index in [0.29, 0.717) is 12.2 Å². The Hall–Kier alpha value is -1.85. The molecule has 1 atom stereocenters. The molecule has 2 N–H and O–H groups in total. The number of nitrogens with zero attached hydrogens (tertiary/aromatic N) is 1. The number of hydrogen-bond acceptors (Lipinski definition) is 4. The molecule has 6 heteroatoms. The number of aromatic nitrogens is 1. The van der Waals surface area contributed by atoms with Gasteiger partial charge in [0.25, 0.3) is 5.91 Å². The Bertz CT molecular complexity index is 411. The maximum atomic E-state index is 11.8. The minimum atomic E-state index is -1.06. The first-order valence-electron chi connectivity index (χ1n) is 5.43. The van der Waals surface area contributed by atoms with Gasteiger partial charge in [-0.05, 0) is 5.92 Å². The topological polar surface area (TPSA) is 92.4 Å². The molecule has 0 unspecified atom stereocenters. The van der Waals surface area contributed by atoms with Crippen molar-refractivity contribution in [2.45, 2.75) is 33.2 Å². The molecule has 1 aromatic rings. The van der Waals surface area contributed by atoms with E-state index >= 15 is 0 Å². The number of oxazole rings is 1. The van der Waals surface area contributed by atoms with Crippen LogP contribution in [0.3, 0.4) is 0 Å². The molecule has 1 heterocycles. The van der Waals surface area contributed by atoms with Crippen LogP contribution in [0.5, 0.6) is 0 Å². The summed E-state index contributed by atoms with van der Waals surface area (Å²) in [5.74, 6) is -1.32. The number of carbonyl (C=O) groups excluding carboxylic acids is 1. The van der Waals surface area contributed by atoms with E-state index in [9.17, 15) is 9.59 Å². The van der Waals surface area contributed by atoms with Gasteiger partial charge in [0.15, 0.2) is 12.1 Å². The van der Waals surface area contributed by atoms with Crippen molar-refractivity contribution in [3.63, 3.8) is 0 Å². The molecule has 1 aromatic heterocycles. The summed E-state index contributed by atoms with van der Waals surface area (Å²) >= 11 is 0. The smallest absolute Gasteiger partial charge is 0.326 e. The molecule has 0 bridgehead atoms. The maximum absolute atomic E-state index is 11.8. The van der Waals surface area contributed by atoms with E-state index in [4.69, 9.17) is 9.52 Å². The Labute approximate surface area is 99.0 Å². The lowest BCUT2D eigenvalue weighted by Crippen LogP contribution is -2.44. The van der Waals surface area contributed by atoms with Gasteiger partial charge in [0.1, 0.15) is 11.8 Å². The molecule has 0 saturated heterocycles. The highest BCUT2D eigenvalue weighted by Gasteiger charge is 2.26. The molecule has 1 rings (SSSR count). The Balaban J connectivity index is 2.81. The summed E-state index contributed by atoms with van der Waals surface area (Å²) in [5.41, 5.74) is 0.152. The van der Waals surface area contributed by atoms with Crippen LogP contribution in [0.15, 0.2) is 10.8 Å². The Morgan fingerprint density at radius 3 is 2.65 bits per heavy atom. The van der Waals surface area contributed by atoms with Crippen molar-refractivity contribution in [2.75, 3.05) is 0 Å². The average molecular weight is 240 g/mol. The standard InChI is InChI=1S/C11H16N2O4/c1-4-7-9(12-5-17-7)10(14)13-8(6(2)3)11(15)16/h5-6,8H,4H2,1-3H3,(H,13,14)(H,15,16)/t8-/m0/s1. The van der Waals surface area contributed by atoms with Gasteiger partial charge in [-0.2, -0.15) is 0 Å². The summed E-state index contributed by atoms with van der Waals surface area (Å²) in [7, 11) is 0. The summed E-state index contributed by atoms with van der Waals surface area (Å²) in [6.07, 6.45) is 1.71. The van der Waals surface area contributed by atoms with Gasteiger partial charge in [-0.25, -0.2) is 9.78 Å². The van der Waals surface area contributed by atoms with E-state index in [0.717, 1.165) is 0 Å². The number of carboxylic acid groups (broad SMARTS) is 1. The number of hydrogen-bond donors (Lipinski definition) is 2. The second-order valence-corrected chi connectivity index (χ2v) is 4.01. The average Bonchev–Trinajstić information content (AvgIpc) is 2.72. The fourth-order valence-electron chi connectivity index (χ4n) is 1.43. The minimum absolute atomic E-state index is 0.152. The molecule has 0 aliphatic carbocycles. The predicted octanol–water partition coefficient (Wildman–Crippen LogP) is 1.08. The van der Waals surface area contributed by atoms with E-state index < -0.39 is 17.9 Å². The zero-order chi connectivity index (χ0) is 13.0. The van der Waals surface area contributed by atoms with Crippen LogP contribution >= 0.6 is 0 Å². The van der Waals surface area contributed by atoms with E-state index in [1.54, 1.807) is 13.8 Å². The molecular weight excluding hydrogens is 224 g/mol. The third kappa shape index (κ3) is 3.05. The molecule has 17 heavy (non-hydrogen) atoms. The lowest BCUT2D eigenvalue weighted by atomic mass is 10.0. The van der Waals surface area contributed by atoms with E-state index in [1.807, 2.05) is 6.92 Å². The van der Waals surface area contributed by atoms with Gasteiger partial charge in [-0.1, -0.05) is 20.8 Å². The highest BCUT2D eigenvalue weighted by Crippen LogP contribution is 2.09. The fraction of sp³-hybridized carbons (Fsp3) is 0.545. The van der Waals surface area contributed by atoms with E-state index in [-0.39, 0.29) is 11.6 Å². The van der Waals surface area contributed by atoms with Crippen LogP contribution in [-0.2, 0) is 11.2 Å². The molecule has 0 fully saturated rings. The summed E-state index contributed by atoms with van der Waals surface area (Å²) in [6, 6.07) is -0.927. The van der Waals surface area contributed by atoms with Crippen molar-refractivity contribution < 1.29 is 19.1 Å². The van der Waals surface area contributed by atoms with Gasteiger partial charge in [0.2, 0.25) is 0 Å². The van der Waals surface area contributed by atoms with Crippen molar-refractivity contribution in [1.29, 1.82) is 0 Å². The molecule has 0 saturated carbocycles. The van der Waals surface area contributed by atoms with Crippen molar-refractivity contribution in [1.82, 2.24) is 10.3 Å². The summed E-state index contributed by atoms with van der Waals surface area (Å²) in [4.78, 5) is 26.5. The largest absolute Gasteiger partial charge is 0.480 e.